The molecule has 1 saturated carbocycles. The number of rotatable bonds is 3. The largest absolute Gasteiger partial charge is 0.393 e. The molecule has 0 aromatic carbocycles. The molecule has 86 valence electrons. The van der Waals surface area contributed by atoms with Crippen LogP contribution >= 0.6 is 0 Å². The normalized spacial score (nSPS) is 37.9. The third-order valence-corrected chi connectivity index (χ3v) is 4.21. The lowest BCUT2D eigenvalue weighted by Gasteiger charge is -2.24. The van der Waals surface area contributed by atoms with Crippen molar-refractivity contribution in [2.75, 3.05) is 13.1 Å². The second kappa shape index (κ2) is 4.22. The summed E-state index contributed by atoms with van der Waals surface area (Å²) in [6, 6.07) is 0.0489. The quantitative estimate of drug-likeness (QED) is 0.758. The van der Waals surface area contributed by atoms with Gasteiger partial charge in [0, 0.05) is 25.4 Å². The third-order valence-electron chi connectivity index (χ3n) is 4.21. The van der Waals surface area contributed by atoms with Crippen LogP contribution in [-0.4, -0.2) is 41.0 Å². The fraction of sp³-hybridized carbons (Fsp3) is 0.917. The minimum atomic E-state index is -0.121. The van der Waals surface area contributed by atoms with E-state index in [9.17, 15) is 9.90 Å². The van der Waals surface area contributed by atoms with Gasteiger partial charge < -0.3 is 5.11 Å². The molecule has 2 rings (SSSR count). The van der Waals surface area contributed by atoms with Crippen molar-refractivity contribution in [1.82, 2.24) is 4.90 Å². The van der Waals surface area contributed by atoms with E-state index in [0.717, 1.165) is 25.9 Å². The van der Waals surface area contributed by atoms with E-state index in [2.05, 4.69) is 4.90 Å². The van der Waals surface area contributed by atoms with Crippen LogP contribution in [-0.2, 0) is 4.79 Å². The van der Waals surface area contributed by atoms with Gasteiger partial charge >= 0.3 is 0 Å². The molecule has 4 unspecified atom stereocenters. The number of Topliss-reactive ketones (excluding diaryl/α,β-unsaturated/α-hetero) is 1. The highest BCUT2D eigenvalue weighted by molar-refractivity contribution is 5.83. The van der Waals surface area contributed by atoms with Gasteiger partial charge in [-0.15, -0.1) is 0 Å². The molecular weight excluding hydrogens is 190 g/mol. The highest BCUT2D eigenvalue weighted by Gasteiger charge is 2.43. The lowest BCUT2D eigenvalue weighted by atomic mass is 10.00. The Bertz CT molecular complexity index is 254. The lowest BCUT2D eigenvalue weighted by molar-refractivity contribution is -0.123. The Hall–Kier alpha value is -0.410. The Kier molecular flexibility index (Phi) is 3.12. The molecule has 2 aliphatic rings. The van der Waals surface area contributed by atoms with Crippen LogP contribution in [0.3, 0.4) is 0 Å². The number of carbonyl (C=O) groups is 1. The van der Waals surface area contributed by atoms with Gasteiger partial charge in [-0.25, -0.2) is 0 Å². The molecule has 1 aliphatic carbocycles. The first-order valence-electron chi connectivity index (χ1n) is 6.08. The van der Waals surface area contributed by atoms with Crippen LogP contribution < -0.4 is 0 Å². The predicted octanol–water partition coefficient (Wildman–Crippen LogP) is 1.06. The Morgan fingerprint density at radius 2 is 2.20 bits per heavy atom. The summed E-state index contributed by atoms with van der Waals surface area (Å²) in [5.41, 5.74) is 0. The maximum atomic E-state index is 11.6. The molecular formula is C12H21NO2. The molecule has 3 heteroatoms. The molecule has 0 aromatic heterocycles. The molecule has 1 N–H and O–H groups in total. The van der Waals surface area contributed by atoms with Crippen LogP contribution in [0.2, 0.25) is 0 Å². The van der Waals surface area contributed by atoms with E-state index >= 15 is 0 Å². The van der Waals surface area contributed by atoms with Crippen LogP contribution in [0.4, 0.5) is 0 Å². The fourth-order valence-electron chi connectivity index (χ4n) is 3.09. The van der Waals surface area contributed by atoms with E-state index in [-0.39, 0.29) is 12.1 Å². The van der Waals surface area contributed by atoms with Crippen LogP contribution in [0.1, 0.15) is 33.1 Å². The Morgan fingerprint density at radius 1 is 1.47 bits per heavy atom. The van der Waals surface area contributed by atoms with Gasteiger partial charge in [0.05, 0.1) is 12.1 Å². The monoisotopic (exact) mass is 211 g/mol. The summed E-state index contributed by atoms with van der Waals surface area (Å²) >= 11 is 0. The fourth-order valence-corrected chi connectivity index (χ4v) is 3.09. The number of likely N-dealkylation sites (tertiary alicyclic amines) is 1. The minimum absolute atomic E-state index is 0.0489. The third kappa shape index (κ3) is 1.95. The number of hydrogen-bond acceptors (Lipinski definition) is 3. The van der Waals surface area contributed by atoms with Crippen molar-refractivity contribution in [3.8, 4) is 0 Å². The van der Waals surface area contributed by atoms with Crippen molar-refractivity contribution in [1.29, 1.82) is 0 Å². The van der Waals surface area contributed by atoms with Crippen molar-refractivity contribution in [3.63, 3.8) is 0 Å². The van der Waals surface area contributed by atoms with Gasteiger partial charge in [-0.3, -0.25) is 9.69 Å². The number of aliphatic hydroxyl groups excluding tert-OH is 1. The molecule has 15 heavy (non-hydrogen) atoms. The van der Waals surface area contributed by atoms with E-state index in [1.54, 1.807) is 0 Å². The standard InChI is InChI=1S/C12H21NO2/c1-3-11(14)8(2)13-6-9-4-5-12(15)10(9)7-13/h8-10,12,15H,3-7H2,1-2H3. The predicted molar refractivity (Wildman–Crippen MR) is 58.6 cm³/mol. The van der Waals surface area contributed by atoms with Crippen molar-refractivity contribution in [2.24, 2.45) is 11.8 Å². The number of aliphatic hydroxyl groups is 1. The summed E-state index contributed by atoms with van der Waals surface area (Å²) in [6.07, 6.45) is 2.59. The number of ketones is 1. The summed E-state index contributed by atoms with van der Waals surface area (Å²) in [5, 5.41) is 9.78. The topological polar surface area (TPSA) is 40.5 Å². The first kappa shape index (κ1) is 11.1. The molecule has 1 heterocycles. The average molecular weight is 211 g/mol. The first-order valence-corrected chi connectivity index (χ1v) is 6.08. The number of fused-ring (bicyclic) bond motifs is 1. The molecule has 0 aromatic rings. The first-order chi connectivity index (χ1) is 7.13. The number of nitrogens with zero attached hydrogens (tertiary/aromatic N) is 1. The van der Waals surface area contributed by atoms with Gasteiger partial charge in [-0.1, -0.05) is 6.92 Å². The average Bonchev–Trinajstić information content (AvgIpc) is 2.79. The molecule has 0 amide bonds. The van der Waals surface area contributed by atoms with Crippen molar-refractivity contribution < 1.29 is 9.90 Å². The van der Waals surface area contributed by atoms with Crippen LogP contribution in [0.25, 0.3) is 0 Å². The van der Waals surface area contributed by atoms with Gasteiger partial charge in [0.2, 0.25) is 0 Å². The van der Waals surface area contributed by atoms with Gasteiger partial charge in [-0.2, -0.15) is 0 Å². The van der Waals surface area contributed by atoms with E-state index in [1.807, 2.05) is 13.8 Å². The summed E-state index contributed by atoms with van der Waals surface area (Å²) < 4.78 is 0. The molecule has 0 spiro atoms. The highest BCUT2D eigenvalue weighted by atomic mass is 16.3. The summed E-state index contributed by atoms with van der Waals surface area (Å²) in [4.78, 5) is 13.8. The molecule has 1 saturated heterocycles. The van der Waals surface area contributed by atoms with E-state index in [0.29, 0.717) is 24.0 Å². The van der Waals surface area contributed by atoms with Crippen LogP contribution in [0, 0.1) is 11.8 Å². The second-order valence-electron chi connectivity index (χ2n) is 5.02. The van der Waals surface area contributed by atoms with Crippen molar-refractivity contribution >= 4 is 5.78 Å². The van der Waals surface area contributed by atoms with E-state index in [1.165, 1.54) is 0 Å². The smallest absolute Gasteiger partial charge is 0.149 e. The van der Waals surface area contributed by atoms with Gasteiger partial charge in [0.25, 0.3) is 0 Å². The van der Waals surface area contributed by atoms with Crippen molar-refractivity contribution in [2.45, 2.75) is 45.3 Å². The summed E-state index contributed by atoms with van der Waals surface area (Å²) in [6.45, 7) is 5.84. The zero-order chi connectivity index (χ0) is 11.0. The Balaban J connectivity index is 1.95. The molecule has 4 atom stereocenters. The van der Waals surface area contributed by atoms with Crippen LogP contribution in [0.5, 0.6) is 0 Å². The molecule has 1 aliphatic heterocycles. The zero-order valence-electron chi connectivity index (χ0n) is 9.65. The second-order valence-corrected chi connectivity index (χ2v) is 5.02. The zero-order valence-corrected chi connectivity index (χ0v) is 9.65. The number of hydrogen-bond donors (Lipinski definition) is 1. The Labute approximate surface area is 91.5 Å². The molecule has 3 nitrogen and oxygen atoms in total. The molecule has 0 radical (unpaired) electrons. The SMILES string of the molecule is CCC(=O)C(C)N1CC2CCC(O)C2C1. The lowest BCUT2D eigenvalue weighted by Crippen LogP contribution is -2.38. The highest BCUT2D eigenvalue weighted by Crippen LogP contribution is 2.38. The number of carbonyl (C=O) groups excluding carboxylic acids is 1. The maximum Gasteiger partial charge on any atom is 0.149 e. The maximum absolute atomic E-state index is 11.6. The van der Waals surface area contributed by atoms with E-state index in [4.69, 9.17) is 0 Å². The van der Waals surface area contributed by atoms with Gasteiger partial charge in [0.15, 0.2) is 0 Å². The van der Waals surface area contributed by atoms with Crippen LogP contribution in [0.15, 0.2) is 0 Å². The Morgan fingerprint density at radius 3 is 2.80 bits per heavy atom. The minimum Gasteiger partial charge on any atom is -0.393 e. The summed E-state index contributed by atoms with van der Waals surface area (Å²) in [5.74, 6) is 1.38. The molecule has 0 bridgehead atoms. The summed E-state index contributed by atoms with van der Waals surface area (Å²) in [7, 11) is 0. The van der Waals surface area contributed by atoms with Crippen molar-refractivity contribution in [3.05, 3.63) is 0 Å². The van der Waals surface area contributed by atoms with Gasteiger partial charge in [0.1, 0.15) is 5.78 Å². The molecule has 2 fully saturated rings. The van der Waals surface area contributed by atoms with E-state index < -0.39 is 0 Å². The van der Waals surface area contributed by atoms with Gasteiger partial charge in [-0.05, 0) is 25.7 Å².